The van der Waals surface area contributed by atoms with Crippen LogP contribution in [0.2, 0.25) is 0 Å². The first-order valence-corrected chi connectivity index (χ1v) is 21.4. The molecular formula is C53H46N8O. The van der Waals surface area contributed by atoms with Gasteiger partial charge in [0.05, 0.1) is 11.0 Å². The van der Waals surface area contributed by atoms with Crippen molar-refractivity contribution in [2.24, 2.45) is 0 Å². The number of urea groups is 1. The largest absolute Gasteiger partial charge is 0.324 e. The average Bonchev–Trinajstić information content (AvgIpc) is 3.97. The molecule has 1 aliphatic heterocycles. The van der Waals surface area contributed by atoms with E-state index in [1.54, 1.807) is 0 Å². The highest BCUT2D eigenvalue weighted by Gasteiger charge is 2.42. The van der Waals surface area contributed by atoms with Gasteiger partial charge in [-0.25, -0.2) is 14.5 Å². The fraction of sp³-hybridized carbons (Fsp3) is 0.151. The number of nitrogens with zero attached hydrogens (tertiary/aromatic N) is 8. The zero-order valence-electron chi connectivity index (χ0n) is 34.6. The molecule has 0 saturated carbocycles. The van der Waals surface area contributed by atoms with E-state index in [1.807, 2.05) is 63.0 Å². The first-order chi connectivity index (χ1) is 30.6. The minimum Gasteiger partial charge on any atom is -0.323 e. The third-order valence-electron chi connectivity index (χ3n) is 12.1. The van der Waals surface area contributed by atoms with Gasteiger partial charge in [0, 0.05) is 43.9 Å². The molecule has 7 aromatic carbocycles. The molecule has 0 atom stereocenters. The zero-order chi connectivity index (χ0) is 41.9. The van der Waals surface area contributed by atoms with Gasteiger partial charge < -0.3 is 9.47 Å². The summed E-state index contributed by atoms with van der Waals surface area (Å²) in [5.41, 5.74) is 10.4. The summed E-state index contributed by atoms with van der Waals surface area (Å²) in [5, 5.41) is 13.9. The van der Waals surface area contributed by atoms with Crippen LogP contribution in [0.3, 0.4) is 0 Å². The minimum absolute atomic E-state index is 0.0389. The molecule has 0 bridgehead atoms. The number of hydrogen-bond acceptors (Lipinski definition) is 5. The van der Waals surface area contributed by atoms with Crippen molar-refractivity contribution in [2.45, 2.75) is 38.4 Å². The van der Waals surface area contributed by atoms with E-state index in [-0.39, 0.29) is 6.03 Å². The fourth-order valence-electron chi connectivity index (χ4n) is 9.13. The number of aryl methyl sites for hydroxylation is 1. The number of benzene rings is 7. The van der Waals surface area contributed by atoms with Crippen LogP contribution in [0, 0.1) is 0 Å². The molecular weight excluding hydrogens is 765 g/mol. The minimum atomic E-state index is -0.868. The fourth-order valence-corrected chi connectivity index (χ4v) is 9.13. The van der Waals surface area contributed by atoms with Crippen molar-refractivity contribution in [2.75, 3.05) is 18.0 Å². The lowest BCUT2D eigenvalue weighted by Gasteiger charge is -2.36. The Bertz CT molecular complexity index is 2850. The summed E-state index contributed by atoms with van der Waals surface area (Å²) in [6.07, 6.45) is 1.70. The lowest BCUT2D eigenvalue weighted by atomic mass is 9.77. The molecule has 0 spiro atoms. The quantitative estimate of drug-likeness (QED) is 0.115. The Morgan fingerprint density at radius 3 is 1.81 bits per heavy atom. The van der Waals surface area contributed by atoms with Gasteiger partial charge >= 0.3 is 6.03 Å². The molecule has 0 N–H and O–H groups in total. The average molecular weight is 811 g/mol. The van der Waals surface area contributed by atoms with Gasteiger partial charge in [0.25, 0.3) is 0 Å². The molecule has 0 aliphatic carbocycles. The summed E-state index contributed by atoms with van der Waals surface area (Å²) in [6.45, 7) is 4.82. The Hall–Kier alpha value is -7.65. The van der Waals surface area contributed by atoms with Gasteiger partial charge in [0.15, 0.2) is 5.82 Å². The lowest BCUT2D eigenvalue weighted by molar-refractivity contribution is 0.192. The molecule has 0 unspecified atom stereocenters. The van der Waals surface area contributed by atoms with E-state index in [9.17, 15) is 4.79 Å². The highest BCUT2D eigenvalue weighted by molar-refractivity contribution is 5.95. The maximum Gasteiger partial charge on any atom is 0.324 e. The van der Waals surface area contributed by atoms with Crippen LogP contribution in [0.5, 0.6) is 0 Å². The van der Waals surface area contributed by atoms with E-state index < -0.39 is 5.54 Å². The third kappa shape index (κ3) is 7.01. The van der Waals surface area contributed by atoms with Gasteiger partial charge in [-0.15, -0.1) is 5.10 Å². The highest BCUT2D eigenvalue weighted by Crippen LogP contribution is 2.43. The molecule has 1 aliphatic rings. The summed E-state index contributed by atoms with van der Waals surface area (Å²) < 4.78 is 4.28. The van der Waals surface area contributed by atoms with Gasteiger partial charge in [0.2, 0.25) is 0 Å². The Balaban J connectivity index is 0.987. The molecule has 1 saturated heterocycles. The highest BCUT2D eigenvalue weighted by atomic mass is 16.2. The summed E-state index contributed by atoms with van der Waals surface area (Å²) in [7, 11) is 0. The zero-order valence-corrected chi connectivity index (χ0v) is 34.6. The monoisotopic (exact) mass is 810 g/mol. The van der Waals surface area contributed by atoms with Crippen LogP contribution in [0.25, 0.3) is 33.5 Å². The van der Waals surface area contributed by atoms with Crippen LogP contribution < -0.4 is 4.90 Å². The van der Waals surface area contributed by atoms with Gasteiger partial charge in [-0.3, -0.25) is 4.90 Å². The maximum absolute atomic E-state index is 13.8. The Labute approximate surface area is 361 Å². The summed E-state index contributed by atoms with van der Waals surface area (Å²) >= 11 is 0. The third-order valence-corrected chi connectivity index (χ3v) is 12.1. The SMILES string of the molecule is CCc1nc2ccc(N3CCCN(Cc4ccccc4)C3=O)cc2n1Cc1ccc(-c2ccccc2-c2nnnn2C(c2ccccc2)(c2ccccc2)c2ccccc2)cc1. The van der Waals surface area contributed by atoms with Crippen LogP contribution in [0.4, 0.5) is 10.5 Å². The molecule has 1 fully saturated rings. The van der Waals surface area contributed by atoms with Crippen LogP contribution in [-0.4, -0.2) is 53.8 Å². The normalized spacial score (nSPS) is 13.2. The second-order valence-electron chi connectivity index (χ2n) is 15.8. The van der Waals surface area contributed by atoms with E-state index in [1.165, 1.54) is 0 Å². The van der Waals surface area contributed by atoms with Crippen molar-refractivity contribution in [3.63, 3.8) is 0 Å². The molecule has 10 rings (SSSR count). The van der Waals surface area contributed by atoms with Crippen molar-refractivity contribution in [1.82, 2.24) is 34.7 Å². The summed E-state index contributed by atoms with van der Waals surface area (Å²) in [4.78, 5) is 22.7. The van der Waals surface area contributed by atoms with E-state index in [0.717, 1.165) is 86.4 Å². The van der Waals surface area contributed by atoms with Crippen molar-refractivity contribution in [1.29, 1.82) is 0 Å². The Morgan fingerprint density at radius 1 is 0.597 bits per heavy atom. The molecule has 9 nitrogen and oxygen atoms in total. The van der Waals surface area contributed by atoms with Crippen molar-refractivity contribution >= 4 is 22.8 Å². The van der Waals surface area contributed by atoms with E-state index in [2.05, 4.69) is 156 Å². The molecule has 2 aromatic heterocycles. The summed E-state index contributed by atoms with van der Waals surface area (Å²) in [5.74, 6) is 1.66. The number of carbonyl (C=O) groups excluding carboxylic acids is 1. The predicted octanol–water partition coefficient (Wildman–Crippen LogP) is 10.6. The Morgan fingerprint density at radius 2 is 1.18 bits per heavy atom. The number of rotatable bonds is 12. The number of fused-ring (bicyclic) bond motifs is 1. The second kappa shape index (κ2) is 16.8. The van der Waals surface area contributed by atoms with Crippen molar-refractivity contribution in [3.8, 4) is 22.5 Å². The van der Waals surface area contributed by atoms with Gasteiger partial charge in [-0.2, -0.15) is 0 Å². The number of amides is 2. The molecule has 2 amide bonds. The molecule has 62 heavy (non-hydrogen) atoms. The van der Waals surface area contributed by atoms with E-state index >= 15 is 0 Å². The molecule has 0 radical (unpaired) electrons. The van der Waals surface area contributed by atoms with Crippen LogP contribution >= 0.6 is 0 Å². The maximum atomic E-state index is 13.8. The second-order valence-corrected chi connectivity index (χ2v) is 15.8. The number of imidazole rings is 1. The lowest BCUT2D eigenvalue weighted by Crippen LogP contribution is -2.49. The number of carbonyl (C=O) groups is 1. The first kappa shape index (κ1) is 38.5. The topological polar surface area (TPSA) is 85.0 Å². The van der Waals surface area contributed by atoms with Crippen molar-refractivity contribution < 1.29 is 4.79 Å². The van der Waals surface area contributed by atoms with Gasteiger partial charge in [-0.1, -0.05) is 177 Å². The number of tetrazole rings is 1. The Kier molecular flexibility index (Phi) is 10.4. The number of hydrogen-bond donors (Lipinski definition) is 0. The number of aromatic nitrogens is 6. The summed E-state index contributed by atoms with van der Waals surface area (Å²) in [6, 6.07) is 65.0. The van der Waals surface area contributed by atoms with Crippen LogP contribution in [0.1, 0.15) is 47.0 Å². The van der Waals surface area contributed by atoms with Crippen LogP contribution in [0.15, 0.2) is 188 Å². The molecule has 9 heteroatoms. The van der Waals surface area contributed by atoms with Crippen molar-refractivity contribution in [3.05, 3.63) is 222 Å². The van der Waals surface area contributed by atoms with Crippen LogP contribution in [-0.2, 0) is 25.0 Å². The molecule has 3 heterocycles. The number of anilines is 1. The molecule has 304 valence electrons. The predicted molar refractivity (Wildman–Crippen MR) is 246 cm³/mol. The molecule has 9 aromatic rings. The first-order valence-electron chi connectivity index (χ1n) is 21.4. The van der Waals surface area contributed by atoms with E-state index in [0.29, 0.717) is 25.5 Å². The van der Waals surface area contributed by atoms with Gasteiger partial charge in [-0.05, 0) is 74.0 Å². The standard InChI is InChI=1S/C53H46N8O/c1-2-50-54-48-33-32-45(59-35-17-34-58(52(59)62)37-39-18-7-3-8-19-39)36-49(48)60(50)38-40-28-30-41(31-29-40)46-26-15-16-27-47(46)51-55-56-57-61(51)53(42-20-9-4-10-21-42,43-22-11-5-12-23-43)44-24-13-6-14-25-44/h3-16,18-33,36H,2,17,34-35,37-38H2,1H3. The van der Waals surface area contributed by atoms with Gasteiger partial charge in [0.1, 0.15) is 11.4 Å². The smallest absolute Gasteiger partial charge is 0.323 e. The van der Waals surface area contributed by atoms with E-state index in [4.69, 9.17) is 15.3 Å².